The smallest absolute Gasteiger partial charge is 0.240 e. The van der Waals surface area contributed by atoms with Crippen LogP contribution in [0.5, 0.6) is 0 Å². The van der Waals surface area contributed by atoms with Crippen LogP contribution in [0.4, 0.5) is 5.69 Å². The Labute approximate surface area is 109 Å². The normalized spacial score (nSPS) is 11.7. The van der Waals surface area contributed by atoms with Gasteiger partial charge in [-0.25, -0.2) is 13.6 Å². The van der Waals surface area contributed by atoms with Gasteiger partial charge in [0.1, 0.15) is 4.90 Å². The summed E-state index contributed by atoms with van der Waals surface area (Å²) in [5.74, 6) is 0. The van der Waals surface area contributed by atoms with E-state index in [-0.39, 0.29) is 10.6 Å². The van der Waals surface area contributed by atoms with Crippen LogP contribution in [0, 0.1) is 0 Å². The van der Waals surface area contributed by atoms with E-state index >= 15 is 0 Å². The molecule has 0 bridgehead atoms. The van der Waals surface area contributed by atoms with E-state index in [1.807, 2.05) is 6.20 Å². The number of aromatic nitrogens is 2. The van der Waals surface area contributed by atoms with Crippen molar-refractivity contribution in [2.75, 3.05) is 5.73 Å². The first-order valence-electron chi connectivity index (χ1n) is 4.96. The van der Waals surface area contributed by atoms with E-state index in [0.717, 1.165) is 4.90 Å². The Balaban J connectivity index is 2.41. The average molecular weight is 284 g/mol. The molecule has 0 unspecified atom stereocenters. The number of sulfonamides is 1. The summed E-state index contributed by atoms with van der Waals surface area (Å²) in [6.07, 6.45) is 3.49. The Morgan fingerprint density at radius 3 is 2.67 bits per heavy atom. The number of rotatable bonds is 3. The first-order valence-corrected chi connectivity index (χ1v) is 7.32. The Morgan fingerprint density at radius 1 is 1.39 bits per heavy atom. The number of para-hydroxylation sites is 1. The van der Waals surface area contributed by atoms with E-state index in [9.17, 15) is 8.42 Å². The second-order valence-corrected chi connectivity index (χ2v) is 6.31. The second kappa shape index (κ2) is 4.63. The van der Waals surface area contributed by atoms with Gasteiger partial charge in [0.2, 0.25) is 10.0 Å². The zero-order valence-corrected chi connectivity index (χ0v) is 11.2. The molecule has 8 heteroatoms. The fourth-order valence-corrected chi connectivity index (χ4v) is 3.11. The van der Waals surface area contributed by atoms with Gasteiger partial charge in [-0.1, -0.05) is 17.8 Å². The highest BCUT2D eigenvalue weighted by atomic mass is 32.2. The van der Waals surface area contributed by atoms with Crippen molar-refractivity contribution >= 4 is 27.5 Å². The number of hydrogen-bond acceptors (Lipinski definition) is 5. The molecule has 0 radical (unpaired) electrons. The lowest BCUT2D eigenvalue weighted by Crippen LogP contribution is -2.14. The zero-order valence-electron chi connectivity index (χ0n) is 9.57. The average Bonchev–Trinajstić information content (AvgIpc) is 2.65. The maximum Gasteiger partial charge on any atom is 0.240 e. The van der Waals surface area contributed by atoms with Crippen LogP contribution >= 0.6 is 11.8 Å². The number of nitrogens with zero attached hydrogens (tertiary/aromatic N) is 2. The lowest BCUT2D eigenvalue weighted by molar-refractivity contribution is 0.598. The molecule has 0 saturated carbocycles. The van der Waals surface area contributed by atoms with Crippen molar-refractivity contribution < 1.29 is 8.42 Å². The SMILES string of the molecule is Cn1cc(Sc2cccc(S(N)(=O)=O)c2N)cn1. The summed E-state index contributed by atoms with van der Waals surface area (Å²) in [7, 11) is -2.00. The van der Waals surface area contributed by atoms with E-state index in [1.54, 1.807) is 30.1 Å². The van der Waals surface area contributed by atoms with E-state index in [1.165, 1.54) is 17.8 Å². The predicted molar refractivity (Wildman–Crippen MR) is 69.6 cm³/mol. The van der Waals surface area contributed by atoms with Crippen LogP contribution in [0.2, 0.25) is 0 Å². The standard InChI is InChI=1S/C10H12N4O2S2/c1-14-6-7(5-13-14)17-8-3-2-4-9(10(8)11)18(12,15)16/h2-6H,11H2,1H3,(H2,12,15,16). The molecule has 2 aromatic rings. The Kier molecular flexibility index (Phi) is 3.33. The molecule has 0 fully saturated rings. The van der Waals surface area contributed by atoms with Crippen molar-refractivity contribution in [2.24, 2.45) is 12.2 Å². The summed E-state index contributed by atoms with van der Waals surface area (Å²) in [6, 6.07) is 4.73. The number of primary sulfonamides is 1. The molecule has 0 aliphatic rings. The molecular weight excluding hydrogens is 272 g/mol. The molecule has 2 rings (SSSR count). The van der Waals surface area contributed by atoms with Crippen molar-refractivity contribution in [1.29, 1.82) is 0 Å². The van der Waals surface area contributed by atoms with Crippen LogP contribution in [0.15, 0.2) is 45.3 Å². The van der Waals surface area contributed by atoms with Crippen molar-refractivity contribution in [2.45, 2.75) is 14.7 Å². The van der Waals surface area contributed by atoms with Gasteiger partial charge < -0.3 is 5.73 Å². The molecule has 0 saturated heterocycles. The quantitative estimate of drug-likeness (QED) is 0.811. The van der Waals surface area contributed by atoms with E-state index in [2.05, 4.69) is 5.10 Å². The second-order valence-electron chi connectivity index (χ2n) is 3.66. The molecule has 0 aliphatic carbocycles. The van der Waals surface area contributed by atoms with Gasteiger partial charge >= 0.3 is 0 Å². The van der Waals surface area contributed by atoms with Crippen LogP contribution in [0.1, 0.15) is 0 Å². The molecule has 1 aromatic heterocycles. The molecule has 96 valence electrons. The van der Waals surface area contributed by atoms with Gasteiger partial charge in [0.15, 0.2) is 0 Å². The monoisotopic (exact) mass is 284 g/mol. The molecule has 0 amide bonds. The van der Waals surface area contributed by atoms with E-state index < -0.39 is 10.0 Å². The molecule has 0 spiro atoms. The van der Waals surface area contributed by atoms with Gasteiger partial charge in [0.05, 0.1) is 16.8 Å². The highest BCUT2D eigenvalue weighted by Gasteiger charge is 2.15. The van der Waals surface area contributed by atoms with E-state index in [4.69, 9.17) is 10.9 Å². The number of hydrogen-bond donors (Lipinski definition) is 2. The van der Waals surface area contributed by atoms with Crippen molar-refractivity contribution in [3.63, 3.8) is 0 Å². The third kappa shape index (κ3) is 2.66. The van der Waals surface area contributed by atoms with Gasteiger partial charge in [0, 0.05) is 18.1 Å². The molecule has 1 aromatic carbocycles. The highest BCUT2D eigenvalue weighted by molar-refractivity contribution is 7.99. The van der Waals surface area contributed by atoms with Crippen LogP contribution in [0.25, 0.3) is 0 Å². The van der Waals surface area contributed by atoms with Crippen molar-refractivity contribution in [3.05, 3.63) is 30.6 Å². The first-order chi connectivity index (χ1) is 8.38. The fourth-order valence-electron chi connectivity index (χ4n) is 1.44. The molecule has 0 atom stereocenters. The maximum absolute atomic E-state index is 11.3. The largest absolute Gasteiger partial charge is 0.397 e. The summed E-state index contributed by atoms with van der Waals surface area (Å²) < 4.78 is 24.3. The third-order valence-corrected chi connectivity index (χ3v) is 4.23. The molecule has 0 aliphatic heterocycles. The molecular formula is C10H12N4O2S2. The predicted octanol–water partition coefficient (Wildman–Crippen LogP) is 0.801. The maximum atomic E-state index is 11.3. The van der Waals surface area contributed by atoms with Gasteiger partial charge in [-0.15, -0.1) is 0 Å². The minimum Gasteiger partial charge on any atom is -0.397 e. The van der Waals surface area contributed by atoms with Crippen LogP contribution < -0.4 is 10.9 Å². The fraction of sp³-hybridized carbons (Fsp3) is 0.100. The Hall–Kier alpha value is -1.51. The molecule has 4 N–H and O–H groups in total. The minimum atomic E-state index is -3.80. The Morgan fingerprint density at radius 2 is 2.11 bits per heavy atom. The summed E-state index contributed by atoms with van der Waals surface area (Å²) in [5, 5.41) is 9.12. The molecule has 6 nitrogen and oxygen atoms in total. The highest BCUT2D eigenvalue weighted by Crippen LogP contribution is 2.34. The van der Waals surface area contributed by atoms with Gasteiger partial charge in [-0.3, -0.25) is 4.68 Å². The zero-order chi connectivity index (χ0) is 13.3. The summed E-state index contributed by atoms with van der Waals surface area (Å²) in [6.45, 7) is 0. The summed E-state index contributed by atoms with van der Waals surface area (Å²) >= 11 is 1.34. The van der Waals surface area contributed by atoms with Crippen LogP contribution in [0.3, 0.4) is 0 Å². The number of nitrogen functional groups attached to an aromatic ring is 1. The third-order valence-electron chi connectivity index (χ3n) is 2.24. The van der Waals surface area contributed by atoms with Crippen LogP contribution in [-0.4, -0.2) is 18.2 Å². The number of nitrogens with two attached hydrogens (primary N) is 2. The van der Waals surface area contributed by atoms with Crippen molar-refractivity contribution in [1.82, 2.24) is 9.78 Å². The topological polar surface area (TPSA) is 104 Å². The summed E-state index contributed by atoms with van der Waals surface area (Å²) in [4.78, 5) is 1.45. The lowest BCUT2D eigenvalue weighted by Gasteiger charge is -2.07. The van der Waals surface area contributed by atoms with Crippen LogP contribution in [-0.2, 0) is 17.1 Å². The molecule has 1 heterocycles. The van der Waals surface area contributed by atoms with Gasteiger partial charge in [0.25, 0.3) is 0 Å². The van der Waals surface area contributed by atoms with Gasteiger partial charge in [-0.05, 0) is 12.1 Å². The Bertz CT molecular complexity index is 679. The van der Waals surface area contributed by atoms with Crippen molar-refractivity contribution in [3.8, 4) is 0 Å². The number of anilines is 1. The molecule has 18 heavy (non-hydrogen) atoms. The number of aryl methyl sites for hydroxylation is 1. The minimum absolute atomic E-state index is 0.0589. The lowest BCUT2D eigenvalue weighted by atomic mass is 10.3. The van der Waals surface area contributed by atoms with Gasteiger partial charge in [-0.2, -0.15) is 5.10 Å². The van der Waals surface area contributed by atoms with E-state index in [0.29, 0.717) is 4.90 Å². The first kappa shape index (κ1) is 12.9. The number of benzene rings is 1. The summed E-state index contributed by atoms with van der Waals surface area (Å²) in [5.41, 5.74) is 5.98.